The SMILES string of the molecule is CCCCC(=O)Nc1nnc(CCOc2cccc(C)c2)s1. The maximum absolute atomic E-state index is 11.6. The van der Waals surface area contributed by atoms with Gasteiger partial charge in [-0.15, -0.1) is 10.2 Å². The molecule has 0 atom stereocenters. The molecular weight excluding hydrogens is 298 g/mol. The van der Waals surface area contributed by atoms with Crippen molar-refractivity contribution in [1.82, 2.24) is 10.2 Å². The number of nitrogens with one attached hydrogen (secondary N) is 1. The minimum Gasteiger partial charge on any atom is -0.493 e. The average Bonchev–Trinajstić information content (AvgIpc) is 2.92. The van der Waals surface area contributed by atoms with Crippen molar-refractivity contribution in [3.63, 3.8) is 0 Å². The maximum Gasteiger partial charge on any atom is 0.226 e. The monoisotopic (exact) mass is 319 g/mol. The third-order valence-corrected chi connectivity index (χ3v) is 3.94. The molecule has 0 spiro atoms. The van der Waals surface area contributed by atoms with Crippen LogP contribution < -0.4 is 10.1 Å². The predicted molar refractivity (Wildman–Crippen MR) is 88.4 cm³/mol. The third-order valence-electron chi connectivity index (χ3n) is 3.04. The van der Waals surface area contributed by atoms with Crippen LogP contribution in [0.5, 0.6) is 5.75 Å². The molecule has 0 fully saturated rings. The normalized spacial score (nSPS) is 10.5. The van der Waals surface area contributed by atoms with E-state index in [1.165, 1.54) is 16.9 Å². The van der Waals surface area contributed by atoms with Crippen LogP contribution in [0, 0.1) is 6.92 Å². The van der Waals surface area contributed by atoms with Gasteiger partial charge in [-0.3, -0.25) is 4.79 Å². The molecule has 0 radical (unpaired) electrons. The van der Waals surface area contributed by atoms with E-state index in [2.05, 4.69) is 22.4 Å². The van der Waals surface area contributed by atoms with Crippen LogP contribution in [0.1, 0.15) is 36.8 Å². The summed E-state index contributed by atoms with van der Waals surface area (Å²) in [5, 5.41) is 12.3. The van der Waals surface area contributed by atoms with E-state index in [0.717, 1.165) is 23.6 Å². The fourth-order valence-corrected chi connectivity index (χ4v) is 2.62. The third kappa shape index (κ3) is 5.44. The van der Waals surface area contributed by atoms with Gasteiger partial charge in [0.1, 0.15) is 10.8 Å². The maximum atomic E-state index is 11.6. The number of unbranched alkanes of at least 4 members (excludes halogenated alkanes) is 1. The molecule has 0 aliphatic heterocycles. The largest absolute Gasteiger partial charge is 0.493 e. The van der Waals surface area contributed by atoms with Gasteiger partial charge in [0.15, 0.2) is 0 Å². The number of aromatic nitrogens is 2. The van der Waals surface area contributed by atoms with Gasteiger partial charge >= 0.3 is 0 Å². The number of carbonyl (C=O) groups excluding carboxylic acids is 1. The van der Waals surface area contributed by atoms with E-state index in [9.17, 15) is 4.79 Å². The molecule has 0 bridgehead atoms. The summed E-state index contributed by atoms with van der Waals surface area (Å²) in [6.07, 6.45) is 3.10. The molecule has 1 heterocycles. The van der Waals surface area contributed by atoms with E-state index in [1.807, 2.05) is 31.2 Å². The van der Waals surface area contributed by atoms with Gasteiger partial charge in [-0.1, -0.05) is 36.8 Å². The van der Waals surface area contributed by atoms with Gasteiger partial charge in [-0.05, 0) is 31.0 Å². The molecule has 6 heteroatoms. The Morgan fingerprint density at radius 3 is 3.00 bits per heavy atom. The Labute approximate surface area is 134 Å². The first kappa shape index (κ1) is 16.4. The van der Waals surface area contributed by atoms with Gasteiger partial charge < -0.3 is 10.1 Å². The minimum absolute atomic E-state index is 0.000519. The molecule has 1 aromatic carbocycles. The summed E-state index contributed by atoms with van der Waals surface area (Å²) in [4.78, 5) is 11.6. The number of benzene rings is 1. The molecule has 2 aromatic rings. The molecule has 1 aromatic heterocycles. The number of aryl methyl sites for hydroxylation is 1. The highest BCUT2D eigenvalue weighted by Crippen LogP contribution is 2.17. The van der Waals surface area contributed by atoms with Gasteiger partial charge in [0, 0.05) is 12.8 Å². The van der Waals surface area contributed by atoms with Crippen LogP contribution in [-0.4, -0.2) is 22.7 Å². The molecular formula is C16H21N3O2S. The summed E-state index contributed by atoms with van der Waals surface area (Å²) >= 11 is 1.40. The Balaban J connectivity index is 1.76. The van der Waals surface area contributed by atoms with Crippen molar-refractivity contribution in [2.24, 2.45) is 0 Å². The number of hydrogen-bond acceptors (Lipinski definition) is 5. The topological polar surface area (TPSA) is 64.1 Å². The van der Waals surface area contributed by atoms with Gasteiger partial charge in [-0.25, -0.2) is 0 Å². The number of nitrogens with zero attached hydrogens (tertiary/aromatic N) is 2. The summed E-state index contributed by atoms with van der Waals surface area (Å²) in [6.45, 7) is 4.64. The van der Waals surface area contributed by atoms with E-state index < -0.39 is 0 Å². The molecule has 0 saturated carbocycles. The lowest BCUT2D eigenvalue weighted by Crippen LogP contribution is -2.10. The fourth-order valence-electron chi connectivity index (χ4n) is 1.89. The van der Waals surface area contributed by atoms with Crippen molar-refractivity contribution in [3.05, 3.63) is 34.8 Å². The summed E-state index contributed by atoms with van der Waals surface area (Å²) in [6, 6.07) is 7.94. The molecule has 1 N–H and O–H groups in total. The van der Waals surface area contributed by atoms with E-state index in [0.29, 0.717) is 24.6 Å². The summed E-state index contributed by atoms with van der Waals surface area (Å²) in [5.74, 6) is 0.859. The smallest absolute Gasteiger partial charge is 0.226 e. The standard InChI is InChI=1S/C16H21N3O2S/c1-3-4-8-14(20)17-16-19-18-15(22-16)9-10-21-13-7-5-6-12(2)11-13/h5-7,11H,3-4,8-10H2,1-2H3,(H,17,19,20). The molecule has 1 amide bonds. The number of hydrogen-bond donors (Lipinski definition) is 1. The Bertz CT molecular complexity index is 613. The number of rotatable bonds is 8. The van der Waals surface area contributed by atoms with E-state index in [4.69, 9.17) is 4.74 Å². The Morgan fingerprint density at radius 2 is 2.23 bits per heavy atom. The second-order valence-corrected chi connectivity index (χ2v) is 6.13. The number of ether oxygens (including phenoxy) is 1. The molecule has 0 aliphatic carbocycles. The highest BCUT2D eigenvalue weighted by atomic mass is 32.1. The van der Waals surface area contributed by atoms with Crippen LogP contribution in [0.2, 0.25) is 0 Å². The summed E-state index contributed by atoms with van der Waals surface area (Å²) < 4.78 is 5.69. The van der Waals surface area contributed by atoms with Crippen LogP contribution in [-0.2, 0) is 11.2 Å². The molecule has 0 aliphatic rings. The van der Waals surface area contributed by atoms with Crippen molar-refractivity contribution < 1.29 is 9.53 Å². The zero-order valence-corrected chi connectivity index (χ0v) is 13.8. The van der Waals surface area contributed by atoms with Crippen molar-refractivity contribution >= 4 is 22.4 Å². The predicted octanol–water partition coefficient (Wildman–Crippen LogP) is 3.60. The average molecular weight is 319 g/mol. The Hall–Kier alpha value is -1.95. The number of carbonyl (C=O) groups is 1. The zero-order chi connectivity index (χ0) is 15.8. The highest BCUT2D eigenvalue weighted by Gasteiger charge is 2.08. The molecule has 5 nitrogen and oxygen atoms in total. The van der Waals surface area contributed by atoms with Gasteiger partial charge in [-0.2, -0.15) is 0 Å². The molecule has 2 rings (SSSR count). The highest BCUT2D eigenvalue weighted by molar-refractivity contribution is 7.15. The lowest BCUT2D eigenvalue weighted by Gasteiger charge is -2.04. The number of anilines is 1. The van der Waals surface area contributed by atoms with Crippen molar-refractivity contribution in [2.45, 2.75) is 39.5 Å². The number of amides is 1. The lowest BCUT2D eigenvalue weighted by molar-refractivity contribution is -0.116. The van der Waals surface area contributed by atoms with E-state index in [-0.39, 0.29) is 5.91 Å². The van der Waals surface area contributed by atoms with Crippen molar-refractivity contribution in [2.75, 3.05) is 11.9 Å². The Morgan fingerprint density at radius 1 is 1.36 bits per heavy atom. The molecule has 22 heavy (non-hydrogen) atoms. The quantitative estimate of drug-likeness (QED) is 0.807. The summed E-state index contributed by atoms with van der Waals surface area (Å²) in [5.41, 5.74) is 1.17. The first-order chi connectivity index (χ1) is 10.7. The second kappa shape index (κ2) is 8.48. The van der Waals surface area contributed by atoms with Crippen LogP contribution in [0.25, 0.3) is 0 Å². The second-order valence-electron chi connectivity index (χ2n) is 5.07. The van der Waals surface area contributed by atoms with Crippen LogP contribution in [0.4, 0.5) is 5.13 Å². The van der Waals surface area contributed by atoms with Crippen LogP contribution >= 0.6 is 11.3 Å². The van der Waals surface area contributed by atoms with Gasteiger partial charge in [0.2, 0.25) is 11.0 Å². The molecule has 0 saturated heterocycles. The molecule has 118 valence electrons. The Kier molecular flexibility index (Phi) is 6.33. The first-order valence-corrected chi connectivity index (χ1v) is 8.30. The fraction of sp³-hybridized carbons (Fsp3) is 0.438. The first-order valence-electron chi connectivity index (χ1n) is 7.49. The van der Waals surface area contributed by atoms with E-state index in [1.54, 1.807) is 0 Å². The zero-order valence-electron chi connectivity index (χ0n) is 13.0. The van der Waals surface area contributed by atoms with Crippen LogP contribution in [0.15, 0.2) is 24.3 Å². The minimum atomic E-state index is 0.000519. The van der Waals surface area contributed by atoms with Crippen LogP contribution in [0.3, 0.4) is 0 Å². The van der Waals surface area contributed by atoms with Crippen molar-refractivity contribution in [1.29, 1.82) is 0 Å². The lowest BCUT2D eigenvalue weighted by atomic mass is 10.2. The van der Waals surface area contributed by atoms with Gasteiger partial charge in [0.05, 0.1) is 6.61 Å². The molecule has 0 unspecified atom stereocenters. The summed E-state index contributed by atoms with van der Waals surface area (Å²) in [7, 11) is 0. The van der Waals surface area contributed by atoms with Crippen molar-refractivity contribution in [3.8, 4) is 5.75 Å². The van der Waals surface area contributed by atoms with E-state index >= 15 is 0 Å². The van der Waals surface area contributed by atoms with Gasteiger partial charge in [0.25, 0.3) is 0 Å².